The van der Waals surface area contributed by atoms with Gasteiger partial charge >= 0.3 is 0 Å². The first-order valence-corrected chi connectivity index (χ1v) is 15.1. The summed E-state index contributed by atoms with van der Waals surface area (Å²) in [5.41, 5.74) is 3.73. The Bertz CT molecular complexity index is 1460. The zero-order valence-corrected chi connectivity index (χ0v) is 22.9. The van der Waals surface area contributed by atoms with Gasteiger partial charge in [0.25, 0.3) is 5.91 Å². The lowest BCUT2D eigenvalue weighted by Gasteiger charge is -2.37. The molecule has 1 aromatic heterocycles. The van der Waals surface area contributed by atoms with Gasteiger partial charge in [-0.05, 0) is 56.5 Å². The van der Waals surface area contributed by atoms with Crippen LogP contribution in [0, 0.1) is 0 Å². The second-order valence-corrected chi connectivity index (χ2v) is 12.7. The minimum Gasteiger partial charge on any atom is -0.372 e. The number of benzene rings is 2. The number of ether oxygens (including phenoxy) is 1. The Morgan fingerprint density at radius 3 is 2.71 bits per heavy atom. The second kappa shape index (κ2) is 10.8. The van der Waals surface area contributed by atoms with Crippen molar-refractivity contribution in [2.75, 3.05) is 35.6 Å². The summed E-state index contributed by atoms with van der Waals surface area (Å²) in [6, 6.07) is 12.8. The number of hydrogen-bond donors (Lipinski definition) is 2. The molecule has 38 heavy (non-hydrogen) atoms. The fourth-order valence-electron chi connectivity index (χ4n) is 4.89. The minimum atomic E-state index is -3.38. The lowest BCUT2D eigenvalue weighted by Crippen LogP contribution is -2.45. The molecule has 0 spiro atoms. The van der Waals surface area contributed by atoms with E-state index < -0.39 is 21.7 Å². The molecule has 0 saturated carbocycles. The van der Waals surface area contributed by atoms with Crippen LogP contribution in [0.5, 0.6) is 0 Å². The van der Waals surface area contributed by atoms with Crippen LogP contribution in [0.4, 0.5) is 10.8 Å². The summed E-state index contributed by atoms with van der Waals surface area (Å²) in [5, 5.41) is 7.59. The van der Waals surface area contributed by atoms with Gasteiger partial charge in [0.15, 0.2) is 15.0 Å². The largest absolute Gasteiger partial charge is 0.372 e. The van der Waals surface area contributed by atoms with Gasteiger partial charge in [-0.2, -0.15) is 0 Å². The molecule has 0 radical (unpaired) electrons. The van der Waals surface area contributed by atoms with Crippen molar-refractivity contribution in [2.45, 2.75) is 43.8 Å². The number of fused-ring (bicyclic) bond motifs is 1. The number of thiazole rings is 1. The van der Waals surface area contributed by atoms with Gasteiger partial charge in [-0.1, -0.05) is 18.2 Å². The predicted octanol–water partition coefficient (Wildman–Crippen LogP) is 3.51. The molecule has 2 aliphatic heterocycles. The smallest absolute Gasteiger partial charge is 0.251 e. The highest BCUT2D eigenvalue weighted by Gasteiger charge is 2.25. The van der Waals surface area contributed by atoms with Gasteiger partial charge in [-0.3, -0.25) is 9.59 Å². The van der Waals surface area contributed by atoms with Crippen molar-refractivity contribution < 1.29 is 22.7 Å². The van der Waals surface area contributed by atoms with E-state index in [4.69, 9.17) is 4.74 Å². The van der Waals surface area contributed by atoms with Gasteiger partial charge in [0.2, 0.25) is 5.91 Å². The van der Waals surface area contributed by atoms with Crippen LogP contribution >= 0.6 is 11.3 Å². The maximum atomic E-state index is 12.6. The minimum absolute atomic E-state index is 0.0825. The van der Waals surface area contributed by atoms with Crippen molar-refractivity contribution in [3.8, 4) is 11.3 Å². The molecular formula is C27H30N4O5S2. The van der Waals surface area contributed by atoms with Crippen molar-refractivity contribution in [3.63, 3.8) is 0 Å². The number of carbonyl (C=O) groups is 2. The first-order chi connectivity index (χ1) is 18.2. The lowest BCUT2D eigenvalue weighted by molar-refractivity contribution is -0.115. The van der Waals surface area contributed by atoms with Crippen molar-refractivity contribution in [1.29, 1.82) is 0 Å². The lowest BCUT2D eigenvalue weighted by atomic mass is 10.1. The summed E-state index contributed by atoms with van der Waals surface area (Å²) < 4.78 is 30.5. The zero-order chi connectivity index (χ0) is 26.9. The number of morpholine rings is 1. The molecule has 0 bridgehead atoms. The van der Waals surface area contributed by atoms with Crippen LogP contribution in [0.15, 0.2) is 52.7 Å². The van der Waals surface area contributed by atoms with Crippen LogP contribution in [-0.4, -0.2) is 62.8 Å². The van der Waals surface area contributed by atoms with Crippen molar-refractivity contribution in [2.24, 2.45) is 0 Å². The summed E-state index contributed by atoms with van der Waals surface area (Å²) >= 11 is 1.30. The van der Waals surface area contributed by atoms with E-state index in [1.807, 2.05) is 17.5 Å². The van der Waals surface area contributed by atoms with Gasteiger partial charge < -0.3 is 20.3 Å². The number of aryl methyl sites for hydroxylation is 1. The SMILES string of the molecule is C[C@@H]1CN(c2cccc(-c3csc(NC(=O)CNC(=O)c4ccc5c(c4)S(=O)(=O)CCC5)n3)c2)C[C@H](C)O1. The number of sulfone groups is 1. The first-order valence-electron chi connectivity index (χ1n) is 12.6. The average molecular weight is 555 g/mol. The van der Waals surface area contributed by atoms with E-state index in [-0.39, 0.29) is 35.0 Å². The molecule has 1 fully saturated rings. The van der Waals surface area contributed by atoms with E-state index in [9.17, 15) is 18.0 Å². The topological polar surface area (TPSA) is 118 Å². The van der Waals surface area contributed by atoms with E-state index in [2.05, 4.69) is 46.5 Å². The molecule has 3 heterocycles. The van der Waals surface area contributed by atoms with Gasteiger partial charge in [0.05, 0.1) is 35.1 Å². The van der Waals surface area contributed by atoms with E-state index in [1.54, 1.807) is 12.1 Å². The summed E-state index contributed by atoms with van der Waals surface area (Å²) in [7, 11) is -3.38. The van der Waals surface area contributed by atoms with Gasteiger partial charge in [-0.15, -0.1) is 11.3 Å². The third kappa shape index (κ3) is 5.90. The molecule has 2 N–H and O–H groups in total. The monoisotopic (exact) mass is 554 g/mol. The number of hydrogen-bond acceptors (Lipinski definition) is 8. The zero-order valence-electron chi connectivity index (χ0n) is 21.3. The maximum absolute atomic E-state index is 12.6. The molecule has 2 aromatic carbocycles. The molecule has 2 aliphatic rings. The highest BCUT2D eigenvalue weighted by Crippen LogP contribution is 2.29. The number of aromatic nitrogens is 1. The number of rotatable bonds is 6. The summed E-state index contributed by atoms with van der Waals surface area (Å²) in [6.07, 6.45) is 1.57. The van der Waals surface area contributed by atoms with Crippen LogP contribution in [0.2, 0.25) is 0 Å². The molecule has 5 rings (SSSR count). The third-order valence-corrected chi connectivity index (χ3v) is 9.24. The predicted molar refractivity (Wildman–Crippen MR) is 148 cm³/mol. The Hall–Kier alpha value is -3.28. The van der Waals surface area contributed by atoms with Gasteiger partial charge in [-0.25, -0.2) is 13.4 Å². The molecule has 0 unspecified atom stereocenters. The fourth-order valence-corrected chi connectivity index (χ4v) is 7.25. The Labute approximate surface area is 226 Å². The Morgan fingerprint density at radius 2 is 1.92 bits per heavy atom. The molecule has 1 saturated heterocycles. The molecule has 200 valence electrons. The second-order valence-electron chi connectivity index (χ2n) is 9.73. The number of anilines is 2. The van der Waals surface area contributed by atoms with E-state index in [0.29, 0.717) is 18.0 Å². The van der Waals surface area contributed by atoms with Crippen LogP contribution in [0.25, 0.3) is 11.3 Å². The van der Waals surface area contributed by atoms with Crippen LogP contribution < -0.4 is 15.5 Å². The molecule has 9 nitrogen and oxygen atoms in total. The first kappa shape index (κ1) is 26.3. The van der Waals surface area contributed by atoms with Crippen molar-refractivity contribution in [3.05, 3.63) is 59.0 Å². The molecule has 3 aromatic rings. The van der Waals surface area contributed by atoms with E-state index in [0.717, 1.165) is 35.6 Å². The summed E-state index contributed by atoms with van der Waals surface area (Å²) in [6.45, 7) is 5.52. The molecule has 0 aliphatic carbocycles. The third-order valence-electron chi connectivity index (χ3n) is 6.61. The number of nitrogens with zero attached hydrogens (tertiary/aromatic N) is 2. The molecule has 11 heteroatoms. The molecule has 2 atom stereocenters. The standard InChI is InChI=1S/C27H30N4O5S2/c1-17-14-31(15-18(2)36-17)22-7-3-5-20(11-22)23-16-37-27(29-23)30-25(32)13-28-26(33)21-9-8-19-6-4-10-38(34,35)24(19)12-21/h3,5,7-9,11-12,16-18H,4,6,10,13-15H2,1-2H3,(H,28,33)(H,29,30,32)/t17-,18+. The van der Waals surface area contributed by atoms with Crippen molar-refractivity contribution in [1.82, 2.24) is 10.3 Å². The van der Waals surface area contributed by atoms with E-state index >= 15 is 0 Å². The number of carbonyl (C=O) groups excluding carboxylic acids is 2. The summed E-state index contributed by atoms with van der Waals surface area (Å²) in [4.78, 5) is 32.1. The number of nitrogens with one attached hydrogen (secondary N) is 2. The highest BCUT2D eigenvalue weighted by atomic mass is 32.2. The van der Waals surface area contributed by atoms with Crippen LogP contribution in [0.3, 0.4) is 0 Å². The number of amides is 2. The van der Waals surface area contributed by atoms with Gasteiger partial charge in [0.1, 0.15) is 0 Å². The van der Waals surface area contributed by atoms with Crippen molar-refractivity contribution >= 4 is 43.8 Å². The molecular weight excluding hydrogens is 524 g/mol. The Balaban J connectivity index is 1.19. The fraction of sp³-hybridized carbons (Fsp3) is 0.370. The Kier molecular flexibility index (Phi) is 7.51. The normalized spacial score (nSPS) is 20.4. The van der Waals surface area contributed by atoms with Crippen LogP contribution in [-0.2, 0) is 25.8 Å². The van der Waals surface area contributed by atoms with Gasteiger partial charge in [0, 0.05) is 35.3 Å². The van der Waals surface area contributed by atoms with E-state index in [1.165, 1.54) is 17.4 Å². The average Bonchev–Trinajstić information content (AvgIpc) is 3.35. The maximum Gasteiger partial charge on any atom is 0.251 e. The van der Waals surface area contributed by atoms with Crippen LogP contribution in [0.1, 0.15) is 36.2 Å². The quantitative estimate of drug-likeness (QED) is 0.479. The highest BCUT2D eigenvalue weighted by molar-refractivity contribution is 7.91. The Morgan fingerprint density at radius 1 is 1.13 bits per heavy atom. The molecule has 2 amide bonds. The summed E-state index contributed by atoms with van der Waals surface area (Å²) in [5.74, 6) is -0.846.